The molecule has 0 fully saturated rings. The molecule has 1 atom stereocenters. The number of carbonyl (C=O) groups is 1. The lowest BCUT2D eigenvalue weighted by Crippen LogP contribution is -2.34. The smallest absolute Gasteiger partial charge is 0.248 e. The van der Waals surface area contributed by atoms with Crippen molar-refractivity contribution in [2.24, 2.45) is 5.73 Å². The summed E-state index contributed by atoms with van der Waals surface area (Å²) in [7, 11) is 0. The predicted molar refractivity (Wildman–Crippen MR) is 141 cm³/mol. The molecule has 4 aromatic carbocycles. The second-order valence-corrected chi connectivity index (χ2v) is 9.02. The molecule has 1 amide bonds. The number of aliphatic hydroxyl groups excluding tert-OH is 1. The van der Waals surface area contributed by atoms with Crippen LogP contribution in [0.25, 0.3) is 21.8 Å². The van der Waals surface area contributed by atoms with Crippen molar-refractivity contribution in [2.75, 3.05) is 6.54 Å². The van der Waals surface area contributed by atoms with Crippen molar-refractivity contribution in [3.05, 3.63) is 120 Å². The van der Waals surface area contributed by atoms with Crippen LogP contribution in [-0.2, 0) is 19.6 Å². The third-order valence-corrected chi connectivity index (χ3v) is 6.41. The highest BCUT2D eigenvalue weighted by molar-refractivity contribution is 6.07. The van der Waals surface area contributed by atoms with E-state index in [1.807, 2.05) is 48.5 Å². The highest BCUT2D eigenvalue weighted by atomic mass is 16.3. The number of fused-ring (bicyclic) bond motifs is 3. The molecule has 35 heavy (non-hydrogen) atoms. The van der Waals surface area contributed by atoms with Crippen LogP contribution < -0.4 is 5.73 Å². The summed E-state index contributed by atoms with van der Waals surface area (Å²) in [6, 6.07) is 34.3. The standard InChI is InChI=1S/C30H29N3O2/c31-30(35)24-12-8-11-23(17-24)19-32(18-22-9-2-1-3-10-22)20-25(34)21-33-28-15-6-4-13-26(28)27-14-5-7-16-29(27)33/h1-17,25,34H,18-21H2,(H2,31,35). The van der Waals surface area contributed by atoms with E-state index in [2.05, 4.69) is 58.0 Å². The number of aliphatic hydroxyl groups is 1. The molecule has 0 aliphatic heterocycles. The third kappa shape index (κ3) is 5.11. The molecule has 5 nitrogen and oxygen atoms in total. The molecule has 0 saturated carbocycles. The Hall–Kier alpha value is -3.93. The van der Waals surface area contributed by atoms with Gasteiger partial charge in [-0.1, -0.05) is 78.9 Å². The van der Waals surface area contributed by atoms with Crippen molar-refractivity contribution in [1.29, 1.82) is 0 Å². The Morgan fingerprint density at radius 3 is 2.00 bits per heavy atom. The number of amides is 1. The highest BCUT2D eigenvalue weighted by Crippen LogP contribution is 2.29. The number of carbonyl (C=O) groups excluding carboxylic acids is 1. The van der Waals surface area contributed by atoms with E-state index in [-0.39, 0.29) is 0 Å². The molecule has 0 spiro atoms. The summed E-state index contributed by atoms with van der Waals surface area (Å²) < 4.78 is 2.21. The van der Waals surface area contributed by atoms with Crippen molar-refractivity contribution in [2.45, 2.75) is 25.7 Å². The molecule has 5 rings (SSSR count). The first-order valence-electron chi connectivity index (χ1n) is 11.9. The van der Waals surface area contributed by atoms with Crippen LogP contribution >= 0.6 is 0 Å². The molecule has 1 aromatic heterocycles. The molecule has 0 radical (unpaired) electrons. The topological polar surface area (TPSA) is 71.5 Å². The van der Waals surface area contributed by atoms with E-state index in [1.54, 1.807) is 6.07 Å². The Kier molecular flexibility index (Phi) is 6.62. The predicted octanol–water partition coefficient (Wildman–Crippen LogP) is 4.96. The molecule has 5 heteroatoms. The number of rotatable bonds is 9. The normalized spacial score (nSPS) is 12.4. The lowest BCUT2D eigenvalue weighted by Gasteiger charge is -2.26. The lowest BCUT2D eigenvalue weighted by molar-refractivity contribution is 0.0924. The maximum atomic E-state index is 11.7. The van der Waals surface area contributed by atoms with Gasteiger partial charge in [0.25, 0.3) is 0 Å². The Bertz CT molecular complexity index is 1410. The van der Waals surface area contributed by atoms with Gasteiger partial charge in [-0.15, -0.1) is 0 Å². The van der Waals surface area contributed by atoms with Crippen molar-refractivity contribution in [1.82, 2.24) is 9.47 Å². The van der Waals surface area contributed by atoms with E-state index in [9.17, 15) is 9.90 Å². The number of benzene rings is 4. The van der Waals surface area contributed by atoms with Crippen molar-refractivity contribution < 1.29 is 9.90 Å². The zero-order chi connectivity index (χ0) is 24.2. The van der Waals surface area contributed by atoms with Gasteiger partial charge in [0.05, 0.1) is 12.6 Å². The largest absolute Gasteiger partial charge is 0.390 e. The summed E-state index contributed by atoms with van der Waals surface area (Å²) in [6.07, 6.45) is -0.586. The zero-order valence-electron chi connectivity index (χ0n) is 19.5. The molecule has 0 bridgehead atoms. The van der Waals surface area contributed by atoms with Crippen LogP contribution in [-0.4, -0.2) is 33.1 Å². The minimum absolute atomic E-state index is 0.437. The van der Waals surface area contributed by atoms with Gasteiger partial charge in [0, 0.05) is 47.0 Å². The van der Waals surface area contributed by atoms with Crippen LogP contribution in [0.1, 0.15) is 21.5 Å². The molecule has 176 valence electrons. The lowest BCUT2D eigenvalue weighted by atomic mass is 10.1. The Labute approximate surface area is 205 Å². The second-order valence-electron chi connectivity index (χ2n) is 9.02. The van der Waals surface area contributed by atoms with E-state index in [0.29, 0.717) is 31.7 Å². The molecule has 1 heterocycles. The third-order valence-electron chi connectivity index (χ3n) is 6.41. The summed E-state index contributed by atoms with van der Waals surface area (Å²) in [5.41, 5.74) is 10.4. The Morgan fingerprint density at radius 2 is 1.34 bits per heavy atom. The molecule has 0 aliphatic rings. The minimum atomic E-state index is -0.586. The van der Waals surface area contributed by atoms with Crippen molar-refractivity contribution in [3.8, 4) is 0 Å². The molecule has 3 N–H and O–H groups in total. The van der Waals surface area contributed by atoms with Gasteiger partial charge in [-0.3, -0.25) is 9.69 Å². The average Bonchev–Trinajstić information content (AvgIpc) is 3.18. The van der Waals surface area contributed by atoms with Crippen LogP contribution in [0.3, 0.4) is 0 Å². The van der Waals surface area contributed by atoms with E-state index < -0.39 is 12.0 Å². The number of hydrogen-bond acceptors (Lipinski definition) is 3. The first-order chi connectivity index (χ1) is 17.1. The Balaban J connectivity index is 1.41. The van der Waals surface area contributed by atoms with E-state index in [1.165, 1.54) is 16.3 Å². The molecular weight excluding hydrogens is 434 g/mol. The summed E-state index contributed by atoms with van der Waals surface area (Å²) in [6.45, 7) is 2.25. The number of primary amides is 1. The average molecular weight is 464 g/mol. The van der Waals surface area contributed by atoms with Crippen LogP contribution in [0.2, 0.25) is 0 Å². The van der Waals surface area contributed by atoms with Gasteiger partial charge >= 0.3 is 0 Å². The van der Waals surface area contributed by atoms with Gasteiger partial charge in [-0.2, -0.15) is 0 Å². The summed E-state index contributed by atoms with van der Waals surface area (Å²) in [5.74, 6) is -0.437. The maximum absolute atomic E-state index is 11.7. The van der Waals surface area contributed by atoms with Gasteiger partial charge in [-0.25, -0.2) is 0 Å². The molecular formula is C30H29N3O2. The van der Waals surface area contributed by atoms with E-state index in [4.69, 9.17) is 5.73 Å². The molecule has 0 saturated heterocycles. The van der Waals surface area contributed by atoms with Gasteiger partial charge < -0.3 is 15.4 Å². The van der Waals surface area contributed by atoms with Crippen molar-refractivity contribution in [3.63, 3.8) is 0 Å². The molecule has 5 aromatic rings. The highest BCUT2D eigenvalue weighted by Gasteiger charge is 2.17. The zero-order valence-corrected chi connectivity index (χ0v) is 19.5. The van der Waals surface area contributed by atoms with Crippen LogP contribution in [0.5, 0.6) is 0 Å². The monoisotopic (exact) mass is 463 g/mol. The summed E-state index contributed by atoms with van der Waals surface area (Å²) >= 11 is 0. The Morgan fingerprint density at radius 1 is 0.771 bits per heavy atom. The first kappa shape index (κ1) is 22.8. The fourth-order valence-corrected chi connectivity index (χ4v) is 4.87. The fraction of sp³-hybridized carbons (Fsp3) is 0.167. The van der Waals surface area contributed by atoms with Crippen LogP contribution in [0.15, 0.2) is 103 Å². The fourth-order valence-electron chi connectivity index (χ4n) is 4.87. The number of aromatic nitrogens is 1. The second kappa shape index (κ2) is 10.1. The quantitative estimate of drug-likeness (QED) is 0.325. The number of nitrogens with two attached hydrogens (primary N) is 1. The van der Waals surface area contributed by atoms with Gasteiger partial charge in [0.15, 0.2) is 0 Å². The number of nitrogens with zero attached hydrogens (tertiary/aromatic N) is 2. The van der Waals surface area contributed by atoms with Crippen LogP contribution in [0, 0.1) is 0 Å². The molecule has 0 aliphatic carbocycles. The number of para-hydroxylation sites is 2. The van der Waals surface area contributed by atoms with Crippen molar-refractivity contribution >= 4 is 27.7 Å². The minimum Gasteiger partial charge on any atom is -0.390 e. The van der Waals surface area contributed by atoms with E-state index >= 15 is 0 Å². The maximum Gasteiger partial charge on any atom is 0.248 e. The van der Waals surface area contributed by atoms with Gasteiger partial charge in [0.1, 0.15) is 0 Å². The van der Waals surface area contributed by atoms with Gasteiger partial charge in [-0.05, 0) is 35.4 Å². The van der Waals surface area contributed by atoms with E-state index in [0.717, 1.165) is 16.6 Å². The van der Waals surface area contributed by atoms with Gasteiger partial charge in [0.2, 0.25) is 5.91 Å². The van der Waals surface area contributed by atoms with Crippen LogP contribution in [0.4, 0.5) is 0 Å². The number of hydrogen-bond donors (Lipinski definition) is 2. The first-order valence-corrected chi connectivity index (χ1v) is 11.9. The molecule has 1 unspecified atom stereocenters. The summed E-state index contributed by atoms with van der Waals surface area (Å²) in [5, 5.41) is 13.7. The SMILES string of the molecule is NC(=O)c1cccc(CN(Cc2ccccc2)CC(O)Cn2c3ccccc3c3ccccc32)c1. The summed E-state index contributed by atoms with van der Waals surface area (Å²) in [4.78, 5) is 13.9.